The van der Waals surface area contributed by atoms with Crippen LogP contribution in [0.5, 0.6) is 0 Å². The zero-order valence-corrected chi connectivity index (χ0v) is 10.4. The average molecular weight is 227 g/mol. The van der Waals surface area contributed by atoms with Crippen LogP contribution in [0.15, 0.2) is 12.2 Å². The molecule has 92 valence electrons. The van der Waals surface area contributed by atoms with Gasteiger partial charge in [-0.3, -0.25) is 0 Å². The van der Waals surface area contributed by atoms with Crippen LogP contribution in [-0.2, 0) is 9.47 Å². The minimum Gasteiger partial charge on any atom is -0.388 e. The molecule has 0 rings (SSSR count). The van der Waals surface area contributed by atoms with Crippen molar-refractivity contribution in [2.24, 2.45) is 11.8 Å². The Balaban J connectivity index is 4.63. The third-order valence-corrected chi connectivity index (χ3v) is 2.40. The molecule has 0 aromatic carbocycles. The molecule has 0 aliphatic heterocycles. The molecule has 16 heavy (non-hydrogen) atoms. The number of rotatable bonds is 7. The molecule has 0 radical (unpaired) electrons. The molecule has 0 amide bonds. The topological polar surface area (TPSA) is 62.5 Å². The smallest absolute Gasteiger partial charge is 0.147 e. The summed E-state index contributed by atoms with van der Waals surface area (Å²) in [4.78, 5) is 0. The van der Waals surface area contributed by atoms with Gasteiger partial charge in [-0.2, -0.15) is 5.26 Å². The van der Waals surface area contributed by atoms with Gasteiger partial charge in [0.1, 0.15) is 6.79 Å². The van der Waals surface area contributed by atoms with Crippen LogP contribution in [0.25, 0.3) is 0 Å². The monoisotopic (exact) mass is 227 g/mol. The van der Waals surface area contributed by atoms with Gasteiger partial charge in [0, 0.05) is 7.11 Å². The van der Waals surface area contributed by atoms with Crippen molar-refractivity contribution in [1.29, 1.82) is 5.26 Å². The van der Waals surface area contributed by atoms with Crippen LogP contribution < -0.4 is 0 Å². The molecule has 0 heterocycles. The van der Waals surface area contributed by atoms with Crippen molar-refractivity contribution in [3.63, 3.8) is 0 Å². The molecular formula is C12H21NO3. The highest BCUT2D eigenvalue weighted by Crippen LogP contribution is 2.21. The van der Waals surface area contributed by atoms with E-state index >= 15 is 0 Å². The van der Waals surface area contributed by atoms with Crippen molar-refractivity contribution < 1.29 is 14.6 Å². The van der Waals surface area contributed by atoms with Crippen LogP contribution in [0.2, 0.25) is 0 Å². The molecule has 0 spiro atoms. The quantitative estimate of drug-likeness (QED) is 0.531. The van der Waals surface area contributed by atoms with Gasteiger partial charge in [0.25, 0.3) is 0 Å². The van der Waals surface area contributed by atoms with Gasteiger partial charge in [-0.25, -0.2) is 0 Å². The lowest BCUT2D eigenvalue weighted by Gasteiger charge is -2.27. The number of hydrogen-bond acceptors (Lipinski definition) is 4. The van der Waals surface area contributed by atoms with E-state index in [1.807, 2.05) is 13.8 Å². The van der Waals surface area contributed by atoms with E-state index in [-0.39, 0.29) is 18.6 Å². The summed E-state index contributed by atoms with van der Waals surface area (Å²) >= 11 is 0. The van der Waals surface area contributed by atoms with Crippen molar-refractivity contribution in [3.05, 3.63) is 12.2 Å². The number of methoxy groups -OCH3 is 1. The van der Waals surface area contributed by atoms with Crippen molar-refractivity contribution in [1.82, 2.24) is 0 Å². The molecule has 0 saturated carbocycles. The van der Waals surface area contributed by atoms with E-state index in [4.69, 9.17) is 14.7 Å². The van der Waals surface area contributed by atoms with E-state index in [0.29, 0.717) is 5.57 Å². The number of nitrogens with zero attached hydrogens (tertiary/aromatic N) is 1. The molecule has 3 atom stereocenters. The molecule has 4 heteroatoms. The van der Waals surface area contributed by atoms with E-state index in [0.717, 1.165) is 0 Å². The predicted octanol–water partition coefficient (Wildman–Crippen LogP) is 1.71. The van der Waals surface area contributed by atoms with E-state index in [9.17, 15) is 5.11 Å². The normalized spacial score (nSPS) is 16.6. The standard InChI is InChI=1S/C12H21NO3/c1-8(2)11(14)10(4)12(9(3)6-13)16-7-15-5/h8-9,11-12,14H,4,7H2,1-3,5H3/t9-,11-,12-/m0/s1. The molecule has 0 bridgehead atoms. The second-order valence-electron chi connectivity index (χ2n) is 4.18. The summed E-state index contributed by atoms with van der Waals surface area (Å²) in [7, 11) is 1.51. The molecule has 4 nitrogen and oxygen atoms in total. The summed E-state index contributed by atoms with van der Waals surface area (Å²) in [6.07, 6.45) is -1.17. The largest absolute Gasteiger partial charge is 0.388 e. The van der Waals surface area contributed by atoms with E-state index in [1.54, 1.807) is 6.92 Å². The molecule has 0 aliphatic rings. The number of ether oxygens (including phenoxy) is 2. The first-order valence-corrected chi connectivity index (χ1v) is 5.32. The Morgan fingerprint density at radius 1 is 1.44 bits per heavy atom. The van der Waals surface area contributed by atoms with Crippen LogP contribution in [0, 0.1) is 23.2 Å². The summed E-state index contributed by atoms with van der Waals surface area (Å²) in [6, 6.07) is 2.10. The summed E-state index contributed by atoms with van der Waals surface area (Å²) in [5.74, 6) is -0.317. The molecule has 1 N–H and O–H groups in total. The van der Waals surface area contributed by atoms with E-state index in [1.165, 1.54) is 7.11 Å². The van der Waals surface area contributed by atoms with Crippen molar-refractivity contribution in [3.8, 4) is 6.07 Å². The summed E-state index contributed by atoms with van der Waals surface area (Å²) in [6.45, 7) is 9.41. The Labute approximate surface area is 97.5 Å². The first-order valence-electron chi connectivity index (χ1n) is 5.32. The highest BCUT2D eigenvalue weighted by molar-refractivity contribution is 5.14. The van der Waals surface area contributed by atoms with E-state index < -0.39 is 12.2 Å². The number of hydrogen-bond donors (Lipinski definition) is 1. The van der Waals surface area contributed by atoms with Gasteiger partial charge in [-0.15, -0.1) is 0 Å². The minimum absolute atomic E-state index is 0.0482. The Kier molecular flexibility index (Phi) is 6.98. The van der Waals surface area contributed by atoms with Gasteiger partial charge < -0.3 is 14.6 Å². The van der Waals surface area contributed by atoms with Gasteiger partial charge in [0.05, 0.1) is 24.2 Å². The first-order chi connectivity index (χ1) is 7.45. The van der Waals surface area contributed by atoms with Crippen molar-refractivity contribution >= 4 is 0 Å². The Hall–Kier alpha value is -0.890. The Morgan fingerprint density at radius 2 is 2.00 bits per heavy atom. The lowest BCUT2D eigenvalue weighted by atomic mass is 9.90. The lowest BCUT2D eigenvalue weighted by molar-refractivity contribution is -0.0752. The highest BCUT2D eigenvalue weighted by Gasteiger charge is 2.27. The van der Waals surface area contributed by atoms with Crippen LogP contribution >= 0.6 is 0 Å². The predicted molar refractivity (Wildman–Crippen MR) is 61.5 cm³/mol. The number of nitriles is 1. The maximum Gasteiger partial charge on any atom is 0.147 e. The Morgan fingerprint density at radius 3 is 2.38 bits per heavy atom. The van der Waals surface area contributed by atoms with Crippen molar-refractivity contribution in [2.45, 2.75) is 33.0 Å². The lowest BCUT2D eigenvalue weighted by Crippen LogP contribution is -2.32. The molecule has 0 fully saturated rings. The summed E-state index contributed by atoms with van der Waals surface area (Å²) in [5.41, 5.74) is 0.529. The second-order valence-corrected chi connectivity index (χ2v) is 4.18. The third-order valence-electron chi connectivity index (χ3n) is 2.40. The molecule has 0 aliphatic carbocycles. The minimum atomic E-state index is -0.669. The van der Waals surface area contributed by atoms with Gasteiger partial charge in [0.15, 0.2) is 0 Å². The first kappa shape index (κ1) is 15.1. The van der Waals surface area contributed by atoms with Gasteiger partial charge in [-0.05, 0) is 18.4 Å². The zero-order valence-electron chi connectivity index (χ0n) is 10.4. The van der Waals surface area contributed by atoms with E-state index in [2.05, 4.69) is 12.6 Å². The summed E-state index contributed by atoms with van der Waals surface area (Å²) in [5, 5.41) is 18.8. The number of aliphatic hydroxyl groups excluding tert-OH is 1. The fourth-order valence-electron chi connectivity index (χ4n) is 1.38. The third kappa shape index (κ3) is 4.31. The van der Waals surface area contributed by atoms with Crippen LogP contribution in [0.1, 0.15) is 20.8 Å². The maximum absolute atomic E-state index is 9.88. The second kappa shape index (κ2) is 7.39. The Bertz CT molecular complexity index is 257. The van der Waals surface area contributed by atoms with Crippen LogP contribution in [0.4, 0.5) is 0 Å². The maximum atomic E-state index is 9.88. The summed E-state index contributed by atoms with van der Waals surface area (Å²) < 4.78 is 10.2. The van der Waals surface area contributed by atoms with Crippen molar-refractivity contribution in [2.75, 3.05) is 13.9 Å². The fraction of sp³-hybridized carbons (Fsp3) is 0.750. The van der Waals surface area contributed by atoms with Gasteiger partial charge >= 0.3 is 0 Å². The molecular weight excluding hydrogens is 206 g/mol. The average Bonchev–Trinajstić information content (AvgIpc) is 2.27. The van der Waals surface area contributed by atoms with Crippen LogP contribution in [-0.4, -0.2) is 31.2 Å². The molecule has 0 unspecified atom stereocenters. The zero-order chi connectivity index (χ0) is 12.7. The molecule has 0 saturated heterocycles. The highest BCUT2D eigenvalue weighted by atomic mass is 16.7. The SMILES string of the molecule is C=C([C@@H](O)C(C)C)[C@@H](OCOC)[C@@H](C)C#N. The van der Waals surface area contributed by atoms with Gasteiger partial charge in [-0.1, -0.05) is 20.4 Å². The molecule has 0 aromatic rings. The fourth-order valence-corrected chi connectivity index (χ4v) is 1.38. The molecule has 0 aromatic heterocycles. The van der Waals surface area contributed by atoms with Crippen LogP contribution in [0.3, 0.4) is 0 Å². The van der Waals surface area contributed by atoms with Gasteiger partial charge in [0.2, 0.25) is 0 Å². The number of aliphatic hydroxyl groups is 1.